The number of carbonyl (C=O) groups excluding carboxylic acids is 3. The van der Waals surface area contributed by atoms with Crippen molar-refractivity contribution in [1.29, 1.82) is 0 Å². The van der Waals surface area contributed by atoms with Crippen LogP contribution in [-0.2, 0) is 25.5 Å². The summed E-state index contributed by atoms with van der Waals surface area (Å²) in [6.07, 6.45) is -0.183. The molecule has 1 aromatic rings. The van der Waals surface area contributed by atoms with Gasteiger partial charge < -0.3 is 14.8 Å². The molecule has 6 nitrogen and oxygen atoms in total. The van der Waals surface area contributed by atoms with E-state index in [0.29, 0.717) is 5.75 Å². The van der Waals surface area contributed by atoms with Gasteiger partial charge in [0.15, 0.2) is 5.78 Å². The lowest BCUT2D eigenvalue weighted by Crippen LogP contribution is -2.32. The zero-order valence-corrected chi connectivity index (χ0v) is 12.2. The lowest BCUT2D eigenvalue weighted by atomic mass is 10.1. The fraction of sp³-hybridized carbons (Fsp3) is 0.400. The highest BCUT2D eigenvalue weighted by Gasteiger charge is 2.11. The van der Waals surface area contributed by atoms with E-state index in [1.807, 2.05) is 0 Å². The van der Waals surface area contributed by atoms with Gasteiger partial charge in [-0.05, 0) is 24.6 Å². The van der Waals surface area contributed by atoms with Crippen molar-refractivity contribution in [2.24, 2.45) is 0 Å². The number of Topliss-reactive ketones (excluding diaryl/α,β-unsaturated/α-hetero) is 1. The highest BCUT2D eigenvalue weighted by molar-refractivity contribution is 5.96. The van der Waals surface area contributed by atoms with E-state index in [1.165, 1.54) is 0 Å². The fourth-order valence-electron chi connectivity index (χ4n) is 1.68. The van der Waals surface area contributed by atoms with Gasteiger partial charge in [0.1, 0.15) is 12.2 Å². The van der Waals surface area contributed by atoms with Crippen molar-refractivity contribution < 1.29 is 23.9 Å². The van der Waals surface area contributed by atoms with Crippen LogP contribution in [0.3, 0.4) is 0 Å². The normalized spacial score (nSPS) is 9.81. The minimum Gasteiger partial charge on any atom is -0.497 e. The summed E-state index contributed by atoms with van der Waals surface area (Å²) in [5, 5.41) is 2.40. The van der Waals surface area contributed by atoms with E-state index in [4.69, 9.17) is 4.74 Å². The Hall–Kier alpha value is -2.37. The van der Waals surface area contributed by atoms with Gasteiger partial charge in [-0.25, -0.2) is 0 Å². The van der Waals surface area contributed by atoms with E-state index in [2.05, 4.69) is 10.1 Å². The van der Waals surface area contributed by atoms with Crippen LogP contribution in [0.5, 0.6) is 5.75 Å². The first kappa shape index (κ1) is 16.7. The van der Waals surface area contributed by atoms with Crippen LogP contribution < -0.4 is 10.1 Å². The van der Waals surface area contributed by atoms with Gasteiger partial charge >= 0.3 is 5.97 Å². The van der Waals surface area contributed by atoms with Crippen molar-refractivity contribution in [3.63, 3.8) is 0 Å². The molecule has 0 aromatic heterocycles. The maximum absolute atomic E-state index is 11.8. The Morgan fingerprint density at radius 3 is 2.67 bits per heavy atom. The summed E-state index contributed by atoms with van der Waals surface area (Å²) in [5.41, 5.74) is 0.805. The number of hydrogen-bond acceptors (Lipinski definition) is 5. The quantitative estimate of drug-likeness (QED) is 0.568. The number of amides is 1. The third-order valence-electron chi connectivity index (χ3n) is 2.63. The molecule has 0 unspecified atom stereocenters. The molecule has 0 aliphatic rings. The summed E-state index contributed by atoms with van der Waals surface area (Å²) in [7, 11) is 1.55. The van der Waals surface area contributed by atoms with E-state index in [0.717, 1.165) is 5.56 Å². The minimum atomic E-state index is -0.602. The molecule has 1 N–H and O–H groups in total. The molecule has 0 saturated heterocycles. The molecule has 0 saturated carbocycles. The Morgan fingerprint density at radius 1 is 1.24 bits per heavy atom. The van der Waals surface area contributed by atoms with Crippen LogP contribution in [0.1, 0.15) is 18.9 Å². The summed E-state index contributed by atoms with van der Waals surface area (Å²) in [4.78, 5) is 34.2. The van der Waals surface area contributed by atoms with Crippen molar-refractivity contribution in [3.05, 3.63) is 29.8 Å². The van der Waals surface area contributed by atoms with E-state index in [9.17, 15) is 14.4 Å². The molecule has 0 bridgehead atoms. The SMILES string of the molecule is CCOC(=O)CC(=O)NCC(=O)Cc1cccc(OC)c1. The van der Waals surface area contributed by atoms with Crippen LogP contribution in [0, 0.1) is 0 Å². The first-order chi connectivity index (χ1) is 10.0. The Morgan fingerprint density at radius 2 is 2.00 bits per heavy atom. The lowest BCUT2D eigenvalue weighted by Gasteiger charge is -2.06. The average molecular weight is 293 g/mol. The third kappa shape index (κ3) is 6.56. The van der Waals surface area contributed by atoms with E-state index in [1.54, 1.807) is 38.3 Å². The lowest BCUT2D eigenvalue weighted by molar-refractivity contribution is -0.146. The molecule has 21 heavy (non-hydrogen) atoms. The molecule has 6 heteroatoms. The first-order valence-electron chi connectivity index (χ1n) is 6.62. The summed E-state index contributed by atoms with van der Waals surface area (Å²) in [6, 6.07) is 7.15. The molecule has 0 aliphatic heterocycles. The van der Waals surface area contributed by atoms with Gasteiger partial charge in [-0.1, -0.05) is 12.1 Å². The van der Waals surface area contributed by atoms with Crippen LogP contribution in [0.4, 0.5) is 0 Å². The van der Waals surface area contributed by atoms with Crippen molar-refractivity contribution in [1.82, 2.24) is 5.32 Å². The second-order valence-corrected chi connectivity index (χ2v) is 4.33. The number of methoxy groups -OCH3 is 1. The summed E-state index contributed by atoms with van der Waals surface area (Å²) >= 11 is 0. The monoisotopic (exact) mass is 293 g/mol. The molecule has 1 amide bonds. The van der Waals surface area contributed by atoms with Gasteiger partial charge in [-0.2, -0.15) is 0 Å². The van der Waals surface area contributed by atoms with Crippen molar-refractivity contribution >= 4 is 17.7 Å². The number of esters is 1. The number of hydrogen-bond donors (Lipinski definition) is 1. The number of rotatable bonds is 8. The van der Waals surface area contributed by atoms with Crippen molar-refractivity contribution in [2.45, 2.75) is 19.8 Å². The molecule has 1 aromatic carbocycles. The predicted octanol–water partition coefficient (Wildman–Crippen LogP) is 0.876. The van der Waals surface area contributed by atoms with Gasteiger partial charge in [0.2, 0.25) is 5.91 Å². The zero-order valence-electron chi connectivity index (χ0n) is 12.2. The van der Waals surface area contributed by atoms with Crippen molar-refractivity contribution in [2.75, 3.05) is 20.3 Å². The van der Waals surface area contributed by atoms with E-state index < -0.39 is 11.9 Å². The van der Waals surface area contributed by atoms with E-state index >= 15 is 0 Å². The maximum Gasteiger partial charge on any atom is 0.315 e. The molecule has 0 aliphatic carbocycles. The predicted molar refractivity (Wildman–Crippen MR) is 76.0 cm³/mol. The van der Waals surface area contributed by atoms with Crippen molar-refractivity contribution in [3.8, 4) is 5.75 Å². The van der Waals surface area contributed by atoms with Crippen LogP contribution in [0.25, 0.3) is 0 Å². The van der Waals surface area contributed by atoms with Gasteiger partial charge in [0.25, 0.3) is 0 Å². The van der Waals surface area contributed by atoms with Crippen LogP contribution >= 0.6 is 0 Å². The highest BCUT2D eigenvalue weighted by Crippen LogP contribution is 2.12. The molecule has 1 rings (SSSR count). The molecule has 0 fully saturated rings. The fourth-order valence-corrected chi connectivity index (χ4v) is 1.68. The molecule has 0 atom stereocenters. The first-order valence-corrected chi connectivity index (χ1v) is 6.62. The molecular weight excluding hydrogens is 274 g/mol. The van der Waals surface area contributed by atoms with Gasteiger partial charge in [0.05, 0.1) is 20.3 Å². The second kappa shape index (κ2) is 8.73. The van der Waals surface area contributed by atoms with Crippen LogP contribution in [0.2, 0.25) is 0 Å². The van der Waals surface area contributed by atoms with Gasteiger partial charge in [0, 0.05) is 6.42 Å². The smallest absolute Gasteiger partial charge is 0.315 e. The van der Waals surface area contributed by atoms with Gasteiger partial charge in [-0.3, -0.25) is 14.4 Å². The minimum absolute atomic E-state index is 0.116. The number of benzene rings is 1. The highest BCUT2D eigenvalue weighted by atomic mass is 16.5. The Balaban J connectivity index is 2.36. The van der Waals surface area contributed by atoms with Gasteiger partial charge in [-0.15, -0.1) is 0 Å². The third-order valence-corrected chi connectivity index (χ3v) is 2.63. The summed E-state index contributed by atoms with van der Waals surface area (Å²) in [5.74, 6) is -0.602. The van der Waals surface area contributed by atoms with E-state index in [-0.39, 0.29) is 31.8 Å². The standard InChI is InChI=1S/C15H19NO5/c1-3-21-15(19)9-14(18)16-10-12(17)7-11-5-4-6-13(8-11)20-2/h4-6,8H,3,7,9-10H2,1-2H3,(H,16,18). The number of carbonyl (C=O) groups is 3. The Kier molecular flexibility index (Phi) is 6.94. The number of ether oxygens (including phenoxy) is 2. The number of ketones is 1. The molecule has 114 valence electrons. The molecule has 0 radical (unpaired) electrons. The molecule has 0 heterocycles. The molecular formula is C15H19NO5. The van der Waals surface area contributed by atoms with Crippen LogP contribution in [0.15, 0.2) is 24.3 Å². The Labute approximate surface area is 123 Å². The Bertz CT molecular complexity index is 513. The average Bonchev–Trinajstić information content (AvgIpc) is 2.45. The maximum atomic E-state index is 11.8. The summed E-state index contributed by atoms with van der Waals surface area (Å²) in [6.45, 7) is 1.77. The second-order valence-electron chi connectivity index (χ2n) is 4.33. The number of nitrogens with one attached hydrogen (secondary N) is 1. The zero-order chi connectivity index (χ0) is 15.7. The molecule has 0 spiro atoms. The summed E-state index contributed by atoms with van der Waals surface area (Å²) < 4.78 is 9.71. The topological polar surface area (TPSA) is 81.7 Å². The van der Waals surface area contributed by atoms with Crippen LogP contribution in [-0.4, -0.2) is 37.9 Å². The largest absolute Gasteiger partial charge is 0.497 e.